The van der Waals surface area contributed by atoms with Gasteiger partial charge in [-0.05, 0) is 37.3 Å². The van der Waals surface area contributed by atoms with Crippen molar-refractivity contribution in [2.75, 3.05) is 18.1 Å². The SMILES string of the molecule is CCCNC(CCCS(=O)(=O)CC)C(C)c1ccccc1. The van der Waals surface area contributed by atoms with Crippen LogP contribution in [0.5, 0.6) is 0 Å². The molecule has 120 valence electrons. The van der Waals surface area contributed by atoms with Crippen molar-refractivity contribution in [1.29, 1.82) is 0 Å². The summed E-state index contributed by atoms with van der Waals surface area (Å²) < 4.78 is 23.2. The molecule has 21 heavy (non-hydrogen) atoms. The van der Waals surface area contributed by atoms with Gasteiger partial charge in [0.05, 0.1) is 5.75 Å². The second kappa shape index (κ2) is 9.21. The summed E-state index contributed by atoms with van der Waals surface area (Å²) >= 11 is 0. The van der Waals surface area contributed by atoms with Gasteiger partial charge in [-0.15, -0.1) is 0 Å². The van der Waals surface area contributed by atoms with Gasteiger partial charge in [0.25, 0.3) is 0 Å². The number of hydrogen-bond acceptors (Lipinski definition) is 3. The van der Waals surface area contributed by atoms with Crippen LogP contribution >= 0.6 is 0 Å². The molecule has 0 aliphatic carbocycles. The Bertz CT molecular complexity index is 485. The highest BCUT2D eigenvalue weighted by atomic mass is 32.2. The molecule has 0 aromatic heterocycles. The second-order valence-corrected chi connectivity index (χ2v) is 8.11. The van der Waals surface area contributed by atoms with E-state index in [9.17, 15) is 8.42 Å². The number of nitrogens with one attached hydrogen (secondary N) is 1. The van der Waals surface area contributed by atoms with Gasteiger partial charge >= 0.3 is 0 Å². The molecule has 0 fully saturated rings. The van der Waals surface area contributed by atoms with E-state index < -0.39 is 9.84 Å². The third-order valence-corrected chi connectivity index (χ3v) is 5.79. The summed E-state index contributed by atoms with van der Waals surface area (Å²) in [5.74, 6) is 0.936. The lowest BCUT2D eigenvalue weighted by molar-refractivity contribution is 0.420. The Morgan fingerprint density at radius 3 is 2.38 bits per heavy atom. The van der Waals surface area contributed by atoms with Crippen molar-refractivity contribution in [1.82, 2.24) is 5.32 Å². The maximum absolute atomic E-state index is 11.6. The predicted molar refractivity (Wildman–Crippen MR) is 90.5 cm³/mol. The van der Waals surface area contributed by atoms with Crippen LogP contribution in [0.1, 0.15) is 51.5 Å². The monoisotopic (exact) mass is 311 g/mol. The topological polar surface area (TPSA) is 46.2 Å². The van der Waals surface area contributed by atoms with Gasteiger partial charge < -0.3 is 5.32 Å². The van der Waals surface area contributed by atoms with Gasteiger partial charge in [-0.3, -0.25) is 0 Å². The van der Waals surface area contributed by atoms with Crippen LogP contribution in [0.3, 0.4) is 0 Å². The predicted octanol–water partition coefficient (Wildman–Crippen LogP) is 3.37. The van der Waals surface area contributed by atoms with Gasteiger partial charge in [-0.1, -0.05) is 51.1 Å². The van der Waals surface area contributed by atoms with Crippen molar-refractivity contribution in [2.24, 2.45) is 0 Å². The standard InChI is InChI=1S/C17H29NO2S/c1-4-13-18-17(12-9-14-21(19,20)5-2)15(3)16-10-7-6-8-11-16/h6-8,10-11,15,17-18H,4-5,9,12-14H2,1-3H3. The average molecular weight is 311 g/mol. The normalized spacial score (nSPS) is 14.8. The van der Waals surface area contributed by atoms with Gasteiger partial charge in [0.15, 0.2) is 0 Å². The third-order valence-electron chi connectivity index (χ3n) is 4.00. The molecule has 2 atom stereocenters. The molecule has 1 rings (SSSR count). The Labute approximate surface area is 130 Å². The minimum absolute atomic E-state index is 0.244. The fourth-order valence-corrected chi connectivity index (χ4v) is 3.41. The molecule has 4 heteroatoms. The van der Waals surface area contributed by atoms with Crippen molar-refractivity contribution >= 4 is 9.84 Å². The molecule has 0 aliphatic rings. The lowest BCUT2D eigenvalue weighted by atomic mass is 9.90. The molecule has 3 nitrogen and oxygen atoms in total. The number of sulfone groups is 1. The molecule has 0 spiro atoms. The quantitative estimate of drug-likeness (QED) is 0.720. The Morgan fingerprint density at radius 1 is 1.14 bits per heavy atom. The molecule has 0 radical (unpaired) electrons. The van der Waals surface area contributed by atoms with Crippen molar-refractivity contribution < 1.29 is 8.42 Å². The largest absolute Gasteiger partial charge is 0.313 e. The van der Waals surface area contributed by atoms with Gasteiger partial charge in [0, 0.05) is 11.8 Å². The summed E-state index contributed by atoms with van der Waals surface area (Å²) in [5.41, 5.74) is 1.31. The fraction of sp³-hybridized carbons (Fsp3) is 0.647. The highest BCUT2D eigenvalue weighted by Crippen LogP contribution is 2.22. The Balaban J connectivity index is 2.63. The van der Waals surface area contributed by atoms with Gasteiger partial charge in [0.2, 0.25) is 0 Å². The molecule has 1 N–H and O–H groups in total. The number of benzene rings is 1. The molecule has 0 bridgehead atoms. The van der Waals surface area contributed by atoms with Crippen LogP contribution in [-0.2, 0) is 9.84 Å². The number of hydrogen-bond donors (Lipinski definition) is 1. The van der Waals surface area contributed by atoms with Crippen molar-refractivity contribution in [2.45, 2.75) is 52.0 Å². The third kappa shape index (κ3) is 6.62. The van der Waals surface area contributed by atoms with E-state index in [1.54, 1.807) is 6.92 Å². The summed E-state index contributed by atoms with van der Waals surface area (Å²) in [6.07, 6.45) is 2.72. The molecule has 0 heterocycles. The molecule has 1 aromatic rings. The summed E-state index contributed by atoms with van der Waals surface area (Å²) in [5, 5.41) is 3.58. The molecule has 2 unspecified atom stereocenters. The van der Waals surface area contributed by atoms with Crippen molar-refractivity contribution in [3.05, 3.63) is 35.9 Å². The lowest BCUT2D eigenvalue weighted by Gasteiger charge is -2.25. The average Bonchev–Trinajstić information content (AvgIpc) is 2.50. The first-order chi connectivity index (χ1) is 10.00. The molecular weight excluding hydrogens is 282 g/mol. The van der Waals surface area contributed by atoms with E-state index in [1.807, 2.05) is 6.07 Å². The molecular formula is C17H29NO2S. The van der Waals surface area contributed by atoms with Gasteiger partial charge in [0.1, 0.15) is 9.84 Å². The van der Waals surface area contributed by atoms with Crippen LogP contribution in [0.25, 0.3) is 0 Å². The second-order valence-electron chi connectivity index (χ2n) is 5.64. The molecule has 0 saturated carbocycles. The van der Waals surface area contributed by atoms with Crippen LogP contribution in [0.15, 0.2) is 30.3 Å². The van der Waals surface area contributed by atoms with E-state index >= 15 is 0 Å². The Morgan fingerprint density at radius 2 is 1.81 bits per heavy atom. The van der Waals surface area contributed by atoms with E-state index in [4.69, 9.17) is 0 Å². The first kappa shape index (κ1) is 18.2. The zero-order chi connectivity index (χ0) is 15.7. The van der Waals surface area contributed by atoms with E-state index in [0.29, 0.717) is 17.7 Å². The summed E-state index contributed by atoms with van der Waals surface area (Å²) in [7, 11) is -2.85. The van der Waals surface area contributed by atoms with Crippen LogP contribution in [0.4, 0.5) is 0 Å². The summed E-state index contributed by atoms with van der Waals surface area (Å²) in [6.45, 7) is 7.06. The van der Waals surface area contributed by atoms with Crippen LogP contribution in [0, 0.1) is 0 Å². The maximum Gasteiger partial charge on any atom is 0.150 e. The van der Waals surface area contributed by atoms with Gasteiger partial charge in [-0.25, -0.2) is 8.42 Å². The summed E-state index contributed by atoms with van der Waals surface area (Å²) in [6, 6.07) is 10.8. The smallest absolute Gasteiger partial charge is 0.150 e. The Hall–Kier alpha value is -0.870. The van der Waals surface area contributed by atoms with E-state index in [1.165, 1.54) is 5.56 Å². The molecule has 0 amide bonds. The van der Waals surface area contributed by atoms with E-state index in [2.05, 4.69) is 43.4 Å². The fourth-order valence-electron chi connectivity index (χ4n) is 2.51. The van der Waals surface area contributed by atoms with Crippen molar-refractivity contribution in [3.63, 3.8) is 0 Å². The minimum Gasteiger partial charge on any atom is -0.313 e. The highest BCUT2D eigenvalue weighted by Gasteiger charge is 2.19. The molecule has 0 saturated heterocycles. The van der Waals surface area contributed by atoms with Crippen LogP contribution in [0.2, 0.25) is 0 Å². The highest BCUT2D eigenvalue weighted by molar-refractivity contribution is 7.91. The molecule has 1 aromatic carbocycles. The lowest BCUT2D eigenvalue weighted by Crippen LogP contribution is -2.34. The first-order valence-corrected chi connectivity index (χ1v) is 9.81. The van der Waals surface area contributed by atoms with E-state index in [-0.39, 0.29) is 5.75 Å². The van der Waals surface area contributed by atoms with Gasteiger partial charge in [-0.2, -0.15) is 0 Å². The first-order valence-electron chi connectivity index (χ1n) is 7.99. The number of rotatable bonds is 10. The van der Waals surface area contributed by atoms with Crippen LogP contribution in [-0.4, -0.2) is 32.5 Å². The zero-order valence-electron chi connectivity index (χ0n) is 13.5. The van der Waals surface area contributed by atoms with Crippen LogP contribution < -0.4 is 5.32 Å². The van der Waals surface area contributed by atoms with Crippen molar-refractivity contribution in [3.8, 4) is 0 Å². The zero-order valence-corrected chi connectivity index (χ0v) is 14.3. The molecule has 0 aliphatic heterocycles. The Kier molecular flexibility index (Phi) is 7.97. The maximum atomic E-state index is 11.6. The minimum atomic E-state index is -2.85. The van der Waals surface area contributed by atoms with E-state index in [0.717, 1.165) is 25.8 Å². The summed E-state index contributed by atoms with van der Waals surface area (Å²) in [4.78, 5) is 0.